The summed E-state index contributed by atoms with van der Waals surface area (Å²) in [4.78, 5) is 39.0. The van der Waals surface area contributed by atoms with Crippen molar-refractivity contribution in [3.63, 3.8) is 0 Å². The van der Waals surface area contributed by atoms with Gasteiger partial charge in [0.1, 0.15) is 13.2 Å². The molecule has 12 heteroatoms. The Morgan fingerprint density at radius 2 is 1.40 bits per heavy atom. The quantitative estimate of drug-likeness (QED) is 0.109. The van der Waals surface area contributed by atoms with E-state index in [2.05, 4.69) is 74.8 Å². The van der Waals surface area contributed by atoms with Crippen LogP contribution in [0.4, 0.5) is 28.4 Å². The molecule has 0 fully saturated rings. The van der Waals surface area contributed by atoms with Crippen LogP contribution >= 0.6 is 0 Å². The van der Waals surface area contributed by atoms with Crippen LogP contribution in [0.1, 0.15) is 77.6 Å². The number of carbonyl (C=O) groups is 2. The van der Waals surface area contributed by atoms with Crippen molar-refractivity contribution >= 4 is 46.5 Å². The normalized spacial score (nSPS) is 17.3. The molecule has 5 aromatic rings. The largest absolute Gasteiger partial charge is 0.493 e. The summed E-state index contributed by atoms with van der Waals surface area (Å²) in [6, 6.07) is 29.4. The molecule has 5 aromatic carbocycles. The summed E-state index contributed by atoms with van der Waals surface area (Å²) in [6.07, 6.45) is 3.35. The Hall–Kier alpha value is -6.79. The maximum Gasteiger partial charge on any atom is 0.261 e. The third kappa shape index (κ3) is 8.75. The lowest BCUT2D eigenvalue weighted by Crippen LogP contribution is -2.39. The second kappa shape index (κ2) is 17.6. The van der Waals surface area contributed by atoms with Gasteiger partial charge in [-0.25, -0.2) is 0 Å². The zero-order valence-electron chi connectivity index (χ0n) is 38.3. The van der Waals surface area contributed by atoms with E-state index >= 15 is 0 Å². The third-order valence-corrected chi connectivity index (χ3v) is 12.4. The standard InChI is InChI=1S/C53H57N5O7/c1-32(2)28-56(33(3)29-65-53(4,5)6)38-18-34(30-63-49-24-43-41(22-47(49)61-7)51(59)57-39(26-54-43)20-36-13-9-11-15-45(36)57)17-35(19-38)31-64-50-25-44-42(23-48(50)62-8)52(60)58-40(27-55-44)21-37-14-10-12-16-46(37)58/h9-19,22-26,33,39-40,55H,1,20-21,27-31H2,2-8H3/t33?,39-,40-/m0/s1. The zero-order valence-corrected chi connectivity index (χ0v) is 38.3. The molecule has 3 atom stereocenters. The van der Waals surface area contributed by atoms with Crippen molar-refractivity contribution in [2.75, 3.05) is 53.9 Å². The van der Waals surface area contributed by atoms with Crippen LogP contribution in [-0.2, 0) is 30.8 Å². The third-order valence-electron chi connectivity index (χ3n) is 12.4. The fourth-order valence-corrected chi connectivity index (χ4v) is 9.25. The average Bonchev–Trinajstić information content (AvgIpc) is 3.79. The van der Waals surface area contributed by atoms with Gasteiger partial charge >= 0.3 is 0 Å². The first-order valence-electron chi connectivity index (χ1n) is 22.3. The Morgan fingerprint density at radius 1 is 0.800 bits per heavy atom. The molecule has 4 heterocycles. The molecule has 0 saturated heterocycles. The lowest BCUT2D eigenvalue weighted by atomic mass is 10.1. The van der Waals surface area contributed by atoms with Crippen LogP contribution in [0.25, 0.3) is 0 Å². The summed E-state index contributed by atoms with van der Waals surface area (Å²) >= 11 is 0. The van der Waals surface area contributed by atoms with Crippen LogP contribution in [0.3, 0.4) is 0 Å². The number of nitrogens with zero attached hydrogens (tertiary/aromatic N) is 4. The van der Waals surface area contributed by atoms with Gasteiger partial charge in [0.05, 0.1) is 61.0 Å². The Kier molecular flexibility index (Phi) is 11.8. The van der Waals surface area contributed by atoms with Crippen molar-refractivity contribution in [2.24, 2.45) is 4.99 Å². The number of methoxy groups -OCH3 is 2. The molecule has 1 unspecified atom stereocenters. The summed E-state index contributed by atoms with van der Waals surface area (Å²) in [6.45, 7) is 16.7. The molecule has 4 aliphatic heterocycles. The molecular formula is C53H57N5O7. The van der Waals surface area contributed by atoms with Crippen molar-refractivity contribution in [2.45, 2.75) is 84.4 Å². The lowest BCUT2D eigenvalue weighted by molar-refractivity contribution is -0.00871. The molecule has 9 rings (SSSR count). The van der Waals surface area contributed by atoms with E-state index in [0.29, 0.717) is 71.6 Å². The SMILES string of the molecule is C=C(C)CN(c1cc(COc2cc3c(cc2OC)C(=O)N2c4ccccc4C[C@H]2C=N3)cc(COc2cc3c(cc2OC)C(=O)N2c4ccccc4C[C@H]2CN3)c1)C(C)COC(C)(C)C. The molecule has 336 valence electrons. The number of benzene rings is 5. The number of aliphatic imine (C=N–C) groups is 1. The molecule has 0 spiro atoms. The van der Waals surface area contributed by atoms with E-state index in [-0.39, 0.29) is 48.8 Å². The molecule has 4 aliphatic rings. The van der Waals surface area contributed by atoms with E-state index in [1.165, 1.54) is 5.56 Å². The summed E-state index contributed by atoms with van der Waals surface area (Å²) in [5.41, 5.74) is 9.76. The van der Waals surface area contributed by atoms with Gasteiger partial charge < -0.3 is 38.8 Å². The van der Waals surface area contributed by atoms with Crippen LogP contribution in [0, 0.1) is 0 Å². The van der Waals surface area contributed by atoms with Crippen LogP contribution < -0.4 is 39.0 Å². The molecule has 0 radical (unpaired) electrons. The minimum absolute atomic E-state index is 0.00115. The number of para-hydroxylation sites is 2. The Balaban J connectivity index is 1.01. The van der Waals surface area contributed by atoms with Crippen molar-refractivity contribution < 1.29 is 33.3 Å². The monoisotopic (exact) mass is 875 g/mol. The number of anilines is 4. The second-order valence-electron chi connectivity index (χ2n) is 18.4. The number of rotatable bonds is 14. The molecule has 0 saturated carbocycles. The highest BCUT2D eigenvalue weighted by atomic mass is 16.5. The Morgan fingerprint density at radius 3 is 2.05 bits per heavy atom. The van der Waals surface area contributed by atoms with Crippen LogP contribution in [-0.4, -0.2) is 75.7 Å². The summed E-state index contributed by atoms with van der Waals surface area (Å²) in [5, 5.41) is 3.54. The molecule has 0 bridgehead atoms. The Labute approximate surface area is 381 Å². The average molecular weight is 876 g/mol. The van der Waals surface area contributed by atoms with E-state index in [9.17, 15) is 9.59 Å². The number of nitrogens with one attached hydrogen (secondary N) is 1. The second-order valence-corrected chi connectivity index (χ2v) is 18.4. The van der Waals surface area contributed by atoms with Gasteiger partial charge in [0.25, 0.3) is 11.8 Å². The van der Waals surface area contributed by atoms with Gasteiger partial charge in [-0.1, -0.05) is 48.6 Å². The van der Waals surface area contributed by atoms with Gasteiger partial charge in [0.15, 0.2) is 23.0 Å². The fraction of sp³-hybridized carbons (Fsp3) is 0.340. The number of hydrogen-bond acceptors (Lipinski definition) is 10. The van der Waals surface area contributed by atoms with E-state index in [0.717, 1.165) is 45.7 Å². The molecule has 2 amide bonds. The molecular weight excluding hydrogens is 819 g/mol. The molecule has 65 heavy (non-hydrogen) atoms. The van der Waals surface area contributed by atoms with E-state index in [4.69, 9.17) is 28.7 Å². The molecule has 1 N–H and O–H groups in total. The predicted octanol–water partition coefficient (Wildman–Crippen LogP) is 9.73. The first kappa shape index (κ1) is 43.5. The maximum absolute atomic E-state index is 14.1. The van der Waals surface area contributed by atoms with E-state index < -0.39 is 0 Å². The number of hydrogen-bond donors (Lipinski definition) is 1. The topological polar surface area (TPSA) is 114 Å². The summed E-state index contributed by atoms with van der Waals surface area (Å²) in [5.74, 6) is 1.67. The number of amides is 2. The van der Waals surface area contributed by atoms with Crippen molar-refractivity contribution in [1.29, 1.82) is 0 Å². The van der Waals surface area contributed by atoms with Gasteiger partial charge in [-0.2, -0.15) is 0 Å². The first-order chi connectivity index (χ1) is 31.3. The summed E-state index contributed by atoms with van der Waals surface area (Å²) in [7, 11) is 3.16. The van der Waals surface area contributed by atoms with Gasteiger partial charge in [-0.15, -0.1) is 0 Å². The smallest absolute Gasteiger partial charge is 0.261 e. The van der Waals surface area contributed by atoms with Gasteiger partial charge in [-0.3, -0.25) is 19.5 Å². The molecule has 12 nitrogen and oxygen atoms in total. The Bertz CT molecular complexity index is 2710. The number of ether oxygens (including phenoxy) is 5. The minimum atomic E-state index is -0.312. The fourth-order valence-electron chi connectivity index (χ4n) is 9.25. The highest BCUT2D eigenvalue weighted by Crippen LogP contribution is 2.43. The van der Waals surface area contributed by atoms with Gasteiger partial charge in [-0.05, 0) is 106 Å². The lowest BCUT2D eigenvalue weighted by Gasteiger charge is -2.34. The zero-order chi connectivity index (χ0) is 45.6. The first-order valence-corrected chi connectivity index (χ1v) is 22.3. The predicted molar refractivity (Wildman–Crippen MR) is 257 cm³/mol. The highest BCUT2D eigenvalue weighted by molar-refractivity contribution is 6.15. The van der Waals surface area contributed by atoms with E-state index in [1.807, 2.05) is 65.4 Å². The van der Waals surface area contributed by atoms with Crippen LogP contribution in [0.15, 0.2) is 108 Å². The number of fused-ring (bicyclic) bond motifs is 8. The minimum Gasteiger partial charge on any atom is -0.493 e. The van der Waals surface area contributed by atoms with Crippen LogP contribution in [0.5, 0.6) is 23.0 Å². The van der Waals surface area contributed by atoms with E-state index in [1.54, 1.807) is 32.4 Å². The number of carbonyl (C=O) groups excluding carboxylic acids is 2. The van der Waals surface area contributed by atoms with Crippen molar-refractivity contribution in [3.8, 4) is 23.0 Å². The highest BCUT2D eigenvalue weighted by Gasteiger charge is 2.39. The maximum atomic E-state index is 14.1. The van der Waals surface area contributed by atoms with Crippen LogP contribution in [0.2, 0.25) is 0 Å². The molecule has 0 aliphatic carbocycles. The van der Waals surface area contributed by atoms with Crippen molar-refractivity contribution in [3.05, 3.63) is 137 Å². The van der Waals surface area contributed by atoms with Crippen molar-refractivity contribution in [1.82, 2.24) is 0 Å². The van der Waals surface area contributed by atoms with Gasteiger partial charge in [0.2, 0.25) is 0 Å². The van der Waals surface area contributed by atoms with Gasteiger partial charge in [0, 0.05) is 61.0 Å². The summed E-state index contributed by atoms with van der Waals surface area (Å²) < 4.78 is 31.2. The molecule has 0 aromatic heterocycles.